The number of hydrogen-bond donors (Lipinski definition) is 3. The van der Waals surface area contributed by atoms with Gasteiger partial charge in [-0.2, -0.15) is 0 Å². The van der Waals surface area contributed by atoms with Crippen molar-refractivity contribution in [3.05, 3.63) is 46.2 Å². The number of nitrogens with one attached hydrogen (secondary N) is 3. The molecular weight excluding hydrogens is 418 g/mol. The van der Waals surface area contributed by atoms with Crippen LogP contribution in [0.15, 0.2) is 45.5 Å². The lowest BCUT2D eigenvalue weighted by atomic mass is 10.0. The number of sulfonamides is 1. The van der Waals surface area contributed by atoms with E-state index in [0.717, 1.165) is 4.88 Å². The first-order valence-electron chi connectivity index (χ1n) is 8.35. The number of thiophene rings is 1. The largest absolute Gasteiger partial charge is 0.346 e. The molecule has 0 aliphatic heterocycles. The molecule has 152 valence electrons. The topological polar surface area (TPSA) is 104 Å². The number of rotatable bonds is 7. The number of carbonyl (C=O) groups is 2. The zero-order valence-corrected chi connectivity index (χ0v) is 18.5. The Kier molecular flexibility index (Phi) is 7.13. The highest BCUT2D eigenvalue weighted by Gasteiger charge is 2.25. The van der Waals surface area contributed by atoms with Crippen molar-refractivity contribution in [3.63, 3.8) is 0 Å². The molecule has 0 spiro atoms. The van der Waals surface area contributed by atoms with Gasteiger partial charge in [-0.3, -0.25) is 4.79 Å². The van der Waals surface area contributed by atoms with Crippen molar-refractivity contribution in [1.82, 2.24) is 15.4 Å². The maximum Gasteiger partial charge on any atom is 0.328 e. The zero-order chi connectivity index (χ0) is 20.9. The first-order chi connectivity index (χ1) is 13.1. The van der Waals surface area contributed by atoms with Crippen LogP contribution in [-0.4, -0.2) is 33.7 Å². The molecule has 0 fully saturated rings. The summed E-state index contributed by atoms with van der Waals surface area (Å²) < 4.78 is 27.0. The molecular formula is C18H23N3O4S3. The summed E-state index contributed by atoms with van der Waals surface area (Å²) in [4.78, 5) is 25.5. The van der Waals surface area contributed by atoms with Crippen LogP contribution < -0.4 is 15.4 Å². The van der Waals surface area contributed by atoms with Gasteiger partial charge in [-0.1, -0.05) is 12.1 Å². The summed E-state index contributed by atoms with van der Waals surface area (Å²) in [5, 5.41) is 7.13. The summed E-state index contributed by atoms with van der Waals surface area (Å²) in [6.07, 6.45) is 1.76. The van der Waals surface area contributed by atoms with Crippen LogP contribution in [0.2, 0.25) is 0 Å². The molecule has 1 aromatic heterocycles. The Morgan fingerprint density at radius 3 is 2.50 bits per heavy atom. The second kappa shape index (κ2) is 8.97. The van der Waals surface area contributed by atoms with Gasteiger partial charge in [0, 0.05) is 16.8 Å². The standard InChI is InChI=1S/C18H23N3O4S3/c1-18(2,15-6-5-9-27-15)20-16(22)11-12-7-8-13(26-4)14(10-12)28(24,25)21-17(23)19-3/h5-10H,11H2,1-4H3,(H,20,22)(H2,19,21,23). The molecule has 0 aliphatic carbocycles. The summed E-state index contributed by atoms with van der Waals surface area (Å²) in [5.41, 5.74) is 0.00899. The Hall–Kier alpha value is -2.04. The number of benzene rings is 1. The third-order valence-electron chi connectivity index (χ3n) is 3.93. The van der Waals surface area contributed by atoms with Crippen LogP contribution in [0, 0.1) is 0 Å². The lowest BCUT2D eigenvalue weighted by molar-refractivity contribution is -0.122. The lowest BCUT2D eigenvalue weighted by Gasteiger charge is -2.25. The van der Waals surface area contributed by atoms with E-state index in [1.807, 2.05) is 36.1 Å². The summed E-state index contributed by atoms with van der Waals surface area (Å²) in [6.45, 7) is 3.83. The normalized spacial score (nSPS) is 11.7. The van der Waals surface area contributed by atoms with E-state index in [-0.39, 0.29) is 17.2 Å². The summed E-state index contributed by atoms with van der Waals surface area (Å²) in [6, 6.07) is 7.82. The van der Waals surface area contributed by atoms with Crippen molar-refractivity contribution in [1.29, 1.82) is 0 Å². The predicted octanol–water partition coefficient (Wildman–Crippen LogP) is 2.68. The number of urea groups is 1. The Balaban J connectivity index is 2.23. The van der Waals surface area contributed by atoms with Gasteiger partial charge in [-0.25, -0.2) is 17.9 Å². The highest BCUT2D eigenvalue weighted by Crippen LogP contribution is 2.27. The number of carbonyl (C=O) groups excluding carboxylic acids is 2. The van der Waals surface area contributed by atoms with Gasteiger partial charge in [0.05, 0.1) is 12.0 Å². The summed E-state index contributed by atoms with van der Waals surface area (Å²) in [5.74, 6) is -0.224. The molecule has 0 saturated heterocycles. The SMILES string of the molecule is CNC(=O)NS(=O)(=O)c1cc(CC(=O)NC(C)(C)c2cccs2)ccc1SC. The molecule has 0 unspecified atom stereocenters. The fraction of sp³-hybridized carbons (Fsp3) is 0.333. The molecule has 28 heavy (non-hydrogen) atoms. The number of hydrogen-bond acceptors (Lipinski definition) is 6. The van der Waals surface area contributed by atoms with Gasteiger partial charge >= 0.3 is 6.03 Å². The van der Waals surface area contributed by atoms with E-state index >= 15 is 0 Å². The minimum absolute atomic E-state index is 0.0198. The Bertz CT molecular complexity index is 954. The van der Waals surface area contributed by atoms with Gasteiger partial charge in [0.2, 0.25) is 5.91 Å². The molecule has 2 aromatic rings. The molecule has 0 bridgehead atoms. The molecule has 0 saturated carbocycles. The fourth-order valence-corrected chi connectivity index (χ4v) is 5.49. The van der Waals surface area contributed by atoms with Crippen LogP contribution in [0.4, 0.5) is 4.79 Å². The Morgan fingerprint density at radius 1 is 1.21 bits per heavy atom. The van der Waals surface area contributed by atoms with Crippen LogP contribution in [-0.2, 0) is 26.8 Å². The number of thioether (sulfide) groups is 1. The highest BCUT2D eigenvalue weighted by molar-refractivity contribution is 7.99. The van der Waals surface area contributed by atoms with Crippen molar-refractivity contribution < 1.29 is 18.0 Å². The fourth-order valence-electron chi connectivity index (χ4n) is 2.54. The molecule has 1 aromatic carbocycles. The quantitative estimate of drug-likeness (QED) is 0.573. The van der Waals surface area contributed by atoms with E-state index in [1.54, 1.807) is 29.7 Å². The van der Waals surface area contributed by atoms with Crippen molar-refractivity contribution in [2.45, 2.75) is 35.6 Å². The first kappa shape index (κ1) is 22.3. The zero-order valence-electron chi connectivity index (χ0n) is 16.0. The molecule has 2 rings (SSSR count). The van der Waals surface area contributed by atoms with E-state index in [0.29, 0.717) is 10.5 Å². The van der Waals surface area contributed by atoms with Crippen LogP contribution >= 0.6 is 23.1 Å². The molecule has 1 heterocycles. The smallest absolute Gasteiger partial charge is 0.328 e. The van der Waals surface area contributed by atoms with E-state index in [9.17, 15) is 18.0 Å². The summed E-state index contributed by atoms with van der Waals surface area (Å²) >= 11 is 2.80. The van der Waals surface area contributed by atoms with Gasteiger partial charge in [0.15, 0.2) is 0 Å². The van der Waals surface area contributed by atoms with Crippen LogP contribution in [0.25, 0.3) is 0 Å². The molecule has 0 atom stereocenters. The molecule has 3 N–H and O–H groups in total. The minimum Gasteiger partial charge on any atom is -0.346 e. The predicted molar refractivity (Wildman–Crippen MR) is 112 cm³/mol. The van der Waals surface area contributed by atoms with Crippen LogP contribution in [0.3, 0.4) is 0 Å². The molecule has 10 heteroatoms. The van der Waals surface area contributed by atoms with E-state index in [2.05, 4.69) is 10.6 Å². The van der Waals surface area contributed by atoms with Gasteiger partial charge in [-0.15, -0.1) is 23.1 Å². The van der Waals surface area contributed by atoms with Gasteiger partial charge < -0.3 is 10.6 Å². The van der Waals surface area contributed by atoms with Crippen LogP contribution in [0.1, 0.15) is 24.3 Å². The summed E-state index contributed by atoms with van der Waals surface area (Å²) in [7, 11) is -2.73. The van der Waals surface area contributed by atoms with Crippen molar-refractivity contribution in [2.24, 2.45) is 0 Å². The molecule has 3 amide bonds. The highest BCUT2D eigenvalue weighted by atomic mass is 32.2. The average molecular weight is 442 g/mol. The Morgan fingerprint density at radius 2 is 1.93 bits per heavy atom. The van der Waals surface area contributed by atoms with Crippen molar-refractivity contribution >= 4 is 45.1 Å². The first-order valence-corrected chi connectivity index (χ1v) is 11.9. The maximum absolute atomic E-state index is 12.5. The molecule has 0 aliphatic rings. The van der Waals surface area contributed by atoms with Crippen LogP contribution in [0.5, 0.6) is 0 Å². The van der Waals surface area contributed by atoms with Gasteiger partial charge in [-0.05, 0) is 49.2 Å². The molecule has 0 radical (unpaired) electrons. The maximum atomic E-state index is 12.5. The monoisotopic (exact) mass is 441 g/mol. The van der Waals surface area contributed by atoms with E-state index in [1.165, 1.54) is 24.9 Å². The Labute approximate surface area is 173 Å². The number of amides is 3. The third kappa shape index (κ3) is 5.49. The van der Waals surface area contributed by atoms with Gasteiger partial charge in [0.1, 0.15) is 4.90 Å². The third-order valence-corrected chi connectivity index (χ3v) is 7.41. The van der Waals surface area contributed by atoms with Gasteiger partial charge in [0.25, 0.3) is 10.0 Å². The second-order valence-electron chi connectivity index (χ2n) is 6.50. The average Bonchev–Trinajstić information content (AvgIpc) is 3.16. The van der Waals surface area contributed by atoms with Crippen molar-refractivity contribution in [3.8, 4) is 0 Å². The molecule has 7 nitrogen and oxygen atoms in total. The van der Waals surface area contributed by atoms with Crippen molar-refractivity contribution in [2.75, 3.05) is 13.3 Å². The lowest BCUT2D eigenvalue weighted by Crippen LogP contribution is -2.41. The second-order valence-corrected chi connectivity index (χ2v) is 9.94. The van der Waals surface area contributed by atoms with E-state index in [4.69, 9.17) is 0 Å². The van der Waals surface area contributed by atoms with E-state index < -0.39 is 21.6 Å². The minimum atomic E-state index is -4.06.